The molecule has 0 atom stereocenters. The monoisotopic (exact) mass is 357 g/mol. The molecule has 0 aliphatic rings. The van der Waals surface area contributed by atoms with Crippen LogP contribution in [0.25, 0.3) is 0 Å². The molecule has 0 aromatic heterocycles. The van der Waals surface area contributed by atoms with Gasteiger partial charge in [0.2, 0.25) is 0 Å². The molecule has 0 fully saturated rings. The second kappa shape index (κ2) is 9.93. The van der Waals surface area contributed by atoms with E-state index >= 15 is 0 Å². The Morgan fingerprint density at radius 3 is 2.19 bits per heavy atom. The minimum atomic E-state index is -0.460. The molecule has 118 valence electrons. The normalized spacial score (nSPS) is 10.7. The smallest absolute Gasteiger partial charge is 0.256 e. The Labute approximate surface area is 135 Å². The molecule has 1 amide bonds. The third-order valence-corrected chi connectivity index (χ3v) is 4.14. The zero-order valence-corrected chi connectivity index (χ0v) is 14.6. The van der Waals surface area contributed by atoms with Gasteiger partial charge < -0.3 is 4.90 Å². The van der Waals surface area contributed by atoms with Crippen molar-refractivity contribution in [2.24, 2.45) is 0 Å². The van der Waals surface area contributed by atoms with Gasteiger partial charge in [0.05, 0.1) is 10.0 Å². The number of carbonyl (C=O) groups is 1. The Balaban J connectivity index is 2.79. The van der Waals surface area contributed by atoms with Crippen molar-refractivity contribution in [3.05, 3.63) is 34.1 Å². The lowest BCUT2D eigenvalue weighted by Crippen LogP contribution is -2.33. The maximum atomic E-state index is 14.1. The number of halogens is 2. The number of hydrogen-bond acceptors (Lipinski definition) is 1. The van der Waals surface area contributed by atoms with Gasteiger partial charge in [-0.3, -0.25) is 4.79 Å². The van der Waals surface area contributed by atoms with Crippen LogP contribution in [0.5, 0.6) is 0 Å². The highest BCUT2D eigenvalue weighted by Crippen LogP contribution is 2.20. The van der Waals surface area contributed by atoms with Crippen molar-refractivity contribution >= 4 is 21.8 Å². The van der Waals surface area contributed by atoms with Crippen molar-refractivity contribution in [2.45, 2.75) is 52.4 Å². The van der Waals surface area contributed by atoms with Crippen LogP contribution in [0.15, 0.2) is 22.7 Å². The predicted octanol–water partition coefficient (Wildman–Crippen LogP) is 5.41. The molecule has 0 unspecified atom stereocenters. The number of hydrogen-bond donors (Lipinski definition) is 0. The van der Waals surface area contributed by atoms with Crippen LogP contribution in [0, 0.1) is 5.82 Å². The first-order valence-corrected chi connectivity index (χ1v) is 8.64. The summed E-state index contributed by atoms with van der Waals surface area (Å²) in [5, 5.41) is 0. The highest BCUT2D eigenvalue weighted by atomic mass is 79.9. The van der Waals surface area contributed by atoms with Crippen molar-refractivity contribution in [3.8, 4) is 0 Å². The summed E-state index contributed by atoms with van der Waals surface area (Å²) in [4.78, 5) is 14.4. The molecular formula is C17H25BrFNO. The molecule has 1 aromatic carbocycles. The first-order chi connectivity index (χ1) is 10.1. The van der Waals surface area contributed by atoms with Gasteiger partial charge in [-0.1, -0.05) is 45.6 Å². The molecule has 0 heterocycles. The number of carbonyl (C=O) groups excluding carboxylic acids is 1. The van der Waals surface area contributed by atoms with Gasteiger partial charge in [0.25, 0.3) is 5.91 Å². The highest BCUT2D eigenvalue weighted by molar-refractivity contribution is 9.10. The fourth-order valence-corrected chi connectivity index (χ4v) is 2.63. The largest absolute Gasteiger partial charge is 0.339 e. The maximum absolute atomic E-state index is 14.1. The van der Waals surface area contributed by atoms with E-state index in [1.165, 1.54) is 0 Å². The Kier molecular flexibility index (Phi) is 8.58. The summed E-state index contributed by atoms with van der Waals surface area (Å²) in [6.45, 7) is 5.69. The van der Waals surface area contributed by atoms with Crippen LogP contribution in [0.1, 0.15) is 62.7 Å². The minimum Gasteiger partial charge on any atom is -0.339 e. The standard InChI is InChI=1S/C17H25BrFNO/c1-3-5-7-12-20(13-8-6-4-2)17(21)14-10-9-11-15(18)16(14)19/h9-11H,3-8,12-13H2,1-2H3. The van der Waals surface area contributed by atoms with Crippen LogP contribution in [0.2, 0.25) is 0 Å². The van der Waals surface area contributed by atoms with Crippen molar-refractivity contribution in [1.29, 1.82) is 0 Å². The molecule has 1 aromatic rings. The number of nitrogens with zero attached hydrogens (tertiary/aromatic N) is 1. The Hall–Kier alpha value is -0.900. The summed E-state index contributed by atoms with van der Waals surface area (Å²) in [5.41, 5.74) is 0.164. The molecule has 0 bridgehead atoms. The van der Waals surface area contributed by atoms with Crippen LogP contribution < -0.4 is 0 Å². The average molecular weight is 358 g/mol. The van der Waals surface area contributed by atoms with E-state index < -0.39 is 5.82 Å². The topological polar surface area (TPSA) is 20.3 Å². The van der Waals surface area contributed by atoms with E-state index in [-0.39, 0.29) is 11.5 Å². The van der Waals surface area contributed by atoms with Gasteiger partial charge in [-0.05, 0) is 40.9 Å². The van der Waals surface area contributed by atoms with Gasteiger partial charge >= 0.3 is 0 Å². The molecule has 0 aliphatic carbocycles. The zero-order chi connectivity index (χ0) is 15.7. The Morgan fingerprint density at radius 1 is 1.10 bits per heavy atom. The van der Waals surface area contributed by atoms with Crippen molar-refractivity contribution in [1.82, 2.24) is 4.90 Å². The van der Waals surface area contributed by atoms with Gasteiger partial charge in [-0.15, -0.1) is 0 Å². The molecule has 0 saturated carbocycles. The molecular weight excluding hydrogens is 333 g/mol. The lowest BCUT2D eigenvalue weighted by molar-refractivity contribution is 0.0744. The van der Waals surface area contributed by atoms with Gasteiger partial charge in [0, 0.05) is 13.1 Å². The quantitative estimate of drug-likeness (QED) is 0.541. The first kappa shape index (κ1) is 18.1. The highest BCUT2D eigenvalue weighted by Gasteiger charge is 2.19. The molecule has 0 N–H and O–H groups in total. The Bertz CT molecular complexity index is 440. The van der Waals surface area contributed by atoms with Crippen LogP contribution in [-0.4, -0.2) is 23.9 Å². The van der Waals surface area contributed by atoms with Crippen LogP contribution >= 0.6 is 15.9 Å². The third-order valence-electron chi connectivity index (χ3n) is 3.53. The minimum absolute atomic E-state index is 0.164. The van der Waals surface area contributed by atoms with E-state index in [0.29, 0.717) is 17.6 Å². The predicted molar refractivity (Wildman–Crippen MR) is 89.1 cm³/mol. The van der Waals surface area contributed by atoms with Crippen LogP contribution in [-0.2, 0) is 0 Å². The molecule has 21 heavy (non-hydrogen) atoms. The fourth-order valence-electron chi connectivity index (χ4n) is 2.26. The first-order valence-electron chi connectivity index (χ1n) is 7.85. The van der Waals surface area contributed by atoms with Gasteiger partial charge in [-0.25, -0.2) is 4.39 Å². The SMILES string of the molecule is CCCCCN(CCCCC)C(=O)c1cccc(Br)c1F. The lowest BCUT2D eigenvalue weighted by Gasteiger charge is -2.23. The van der Waals surface area contributed by atoms with E-state index in [1.807, 2.05) is 0 Å². The van der Waals surface area contributed by atoms with Crippen molar-refractivity contribution in [3.63, 3.8) is 0 Å². The summed E-state index contributed by atoms with van der Waals surface area (Å²) in [7, 11) is 0. The average Bonchev–Trinajstić information content (AvgIpc) is 2.48. The second-order valence-electron chi connectivity index (χ2n) is 5.31. The Morgan fingerprint density at radius 2 is 1.67 bits per heavy atom. The molecule has 4 heteroatoms. The van der Waals surface area contributed by atoms with Crippen LogP contribution in [0.3, 0.4) is 0 Å². The molecule has 0 saturated heterocycles. The van der Waals surface area contributed by atoms with Crippen molar-refractivity contribution in [2.75, 3.05) is 13.1 Å². The van der Waals surface area contributed by atoms with E-state index in [2.05, 4.69) is 29.8 Å². The second-order valence-corrected chi connectivity index (χ2v) is 6.16. The fraction of sp³-hybridized carbons (Fsp3) is 0.588. The summed E-state index contributed by atoms with van der Waals surface area (Å²) >= 11 is 3.15. The summed E-state index contributed by atoms with van der Waals surface area (Å²) in [6, 6.07) is 4.89. The number of rotatable bonds is 9. The van der Waals surface area contributed by atoms with E-state index in [1.54, 1.807) is 23.1 Å². The summed E-state index contributed by atoms with van der Waals surface area (Å²) in [5.74, 6) is -0.653. The van der Waals surface area contributed by atoms with E-state index in [4.69, 9.17) is 0 Å². The van der Waals surface area contributed by atoms with Gasteiger partial charge in [-0.2, -0.15) is 0 Å². The van der Waals surface area contributed by atoms with E-state index in [9.17, 15) is 9.18 Å². The third kappa shape index (κ3) is 5.77. The van der Waals surface area contributed by atoms with Crippen LogP contribution in [0.4, 0.5) is 4.39 Å². The maximum Gasteiger partial charge on any atom is 0.256 e. The van der Waals surface area contributed by atoms with E-state index in [0.717, 1.165) is 38.5 Å². The summed E-state index contributed by atoms with van der Waals surface area (Å²) in [6.07, 6.45) is 6.37. The molecule has 0 aliphatic heterocycles. The number of amides is 1. The number of benzene rings is 1. The van der Waals surface area contributed by atoms with Gasteiger partial charge in [0.1, 0.15) is 5.82 Å². The lowest BCUT2D eigenvalue weighted by atomic mass is 10.1. The summed E-state index contributed by atoms with van der Waals surface area (Å²) < 4.78 is 14.4. The zero-order valence-electron chi connectivity index (χ0n) is 13.0. The molecule has 0 spiro atoms. The molecule has 0 radical (unpaired) electrons. The van der Waals surface area contributed by atoms with Gasteiger partial charge in [0.15, 0.2) is 0 Å². The number of unbranched alkanes of at least 4 members (excludes halogenated alkanes) is 4. The molecule has 1 rings (SSSR count). The molecule has 2 nitrogen and oxygen atoms in total. The van der Waals surface area contributed by atoms with Crippen molar-refractivity contribution < 1.29 is 9.18 Å².